The predicted octanol–water partition coefficient (Wildman–Crippen LogP) is 1.68. The molecular weight excluding hydrogens is 274 g/mol. The van der Waals surface area contributed by atoms with Gasteiger partial charge in [-0.15, -0.1) is 16.4 Å². The van der Waals surface area contributed by atoms with Gasteiger partial charge in [0.15, 0.2) is 0 Å². The second-order valence-corrected chi connectivity index (χ2v) is 6.29. The highest BCUT2D eigenvalue weighted by Gasteiger charge is 2.22. The highest BCUT2D eigenvalue weighted by atomic mass is 32.1. The lowest BCUT2D eigenvalue weighted by Crippen LogP contribution is -2.29. The second kappa shape index (κ2) is 5.14. The van der Waals surface area contributed by atoms with Crippen LogP contribution < -0.4 is 4.90 Å². The summed E-state index contributed by atoms with van der Waals surface area (Å²) in [5.74, 6) is 0.722. The Kier molecular flexibility index (Phi) is 3.16. The molecule has 2 aliphatic rings. The molecule has 2 aromatic rings. The van der Waals surface area contributed by atoms with Gasteiger partial charge in [0.2, 0.25) is 5.89 Å². The minimum atomic E-state index is 0.688. The molecule has 7 heteroatoms. The van der Waals surface area contributed by atoms with E-state index in [0.717, 1.165) is 45.0 Å². The molecule has 0 N–H and O–H groups in total. The second-order valence-electron chi connectivity index (χ2n) is 5.36. The van der Waals surface area contributed by atoms with Gasteiger partial charge in [-0.25, -0.2) is 4.98 Å². The van der Waals surface area contributed by atoms with Gasteiger partial charge in [0.25, 0.3) is 0 Å². The highest BCUT2D eigenvalue weighted by Crippen LogP contribution is 2.24. The Morgan fingerprint density at radius 1 is 1.20 bits per heavy atom. The maximum absolute atomic E-state index is 5.79. The Morgan fingerprint density at radius 3 is 3.00 bits per heavy atom. The Bertz CT molecular complexity index is 589. The van der Waals surface area contributed by atoms with E-state index >= 15 is 0 Å². The van der Waals surface area contributed by atoms with Crippen molar-refractivity contribution in [3.05, 3.63) is 22.0 Å². The van der Waals surface area contributed by atoms with Crippen LogP contribution in [0.2, 0.25) is 0 Å². The number of anilines is 1. The van der Waals surface area contributed by atoms with E-state index in [1.807, 2.05) is 5.51 Å². The van der Waals surface area contributed by atoms with Crippen LogP contribution in [0.1, 0.15) is 29.3 Å². The van der Waals surface area contributed by atoms with E-state index < -0.39 is 0 Å². The summed E-state index contributed by atoms with van der Waals surface area (Å²) in [6, 6.07) is 0.688. The molecule has 2 aromatic heterocycles. The summed E-state index contributed by atoms with van der Waals surface area (Å²) in [6.45, 7) is 4.77. The Morgan fingerprint density at radius 2 is 2.10 bits per heavy atom. The number of hydrogen-bond donors (Lipinski definition) is 0. The zero-order valence-electron chi connectivity index (χ0n) is 11.3. The van der Waals surface area contributed by atoms with Gasteiger partial charge in [-0.05, 0) is 12.8 Å². The van der Waals surface area contributed by atoms with E-state index in [4.69, 9.17) is 4.42 Å². The van der Waals surface area contributed by atoms with Gasteiger partial charge in [0, 0.05) is 37.5 Å². The van der Waals surface area contributed by atoms with Crippen molar-refractivity contribution in [2.24, 2.45) is 0 Å². The summed E-state index contributed by atoms with van der Waals surface area (Å²) in [5.41, 5.74) is 3.20. The monoisotopic (exact) mass is 291 g/mol. The van der Waals surface area contributed by atoms with Crippen LogP contribution in [0.25, 0.3) is 0 Å². The molecule has 4 heterocycles. The molecule has 6 nitrogen and oxygen atoms in total. The third-order valence-corrected chi connectivity index (χ3v) is 4.81. The molecule has 0 bridgehead atoms. The summed E-state index contributed by atoms with van der Waals surface area (Å²) >= 11 is 1.74. The first-order valence-electron chi connectivity index (χ1n) is 7.09. The average molecular weight is 291 g/mol. The van der Waals surface area contributed by atoms with Gasteiger partial charge in [0.1, 0.15) is 0 Å². The largest absolute Gasteiger partial charge is 0.407 e. The number of aromatic nitrogens is 3. The SMILES string of the molecule is c1nc2c(s1)CN(Cc1nnc(N3CCCC3)o1)CC2. The van der Waals surface area contributed by atoms with E-state index in [-0.39, 0.29) is 0 Å². The van der Waals surface area contributed by atoms with Crippen LogP contribution in [-0.4, -0.2) is 39.7 Å². The van der Waals surface area contributed by atoms with Crippen LogP contribution >= 0.6 is 11.3 Å². The van der Waals surface area contributed by atoms with Crippen molar-refractivity contribution >= 4 is 17.4 Å². The molecule has 0 unspecified atom stereocenters. The first-order chi connectivity index (χ1) is 9.88. The molecule has 106 valence electrons. The molecule has 0 spiro atoms. The number of rotatable bonds is 3. The van der Waals surface area contributed by atoms with E-state index in [1.54, 1.807) is 11.3 Å². The van der Waals surface area contributed by atoms with Crippen molar-refractivity contribution in [2.75, 3.05) is 24.5 Å². The predicted molar refractivity (Wildman–Crippen MR) is 75.7 cm³/mol. The molecule has 0 aliphatic carbocycles. The molecule has 0 amide bonds. The van der Waals surface area contributed by atoms with E-state index in [0.29, 0.717) is 6.01 Å². The fourth-order valence-electron chi connectivity index (χ4n) is 2.84. The van der Waals surface area contributed by atoms with Crippen molar-refractivity contribution in [1.82, 2.24) is 20.1 Å². The lowest BCUT2D eigenvalue weighted by molar-refractivity contribution is 0.223. The van der Waals surface area contributed by atoms with Crippen LogP contribution in [0.15, 0.2) is 9.93 Å². The zero-order chi connectivity index (χ0) is 13.4. The third kappa shape index (κ3) is 2.31. The summed E-state index contributed by atoms with van der Waals surface area (Å²) in [6.07, 6.45) is 3.46. The lowest BCUT2D eigenvalue weighted by Gasteiger charge is -2.24. The summed E-state index contributed by atoms with van der Waals surface area (Å²) in [4.78, 5) is 10.3. The van der Waals surface area contributed by atoms with Crippen molar-refractivity contribution in [1.29, 1.82) is 0 Å². The van der Waals surface area contributed by atoms with Crippen molar-refractivity contribution in [2.45, 2.75) is 32.4 Å². The molecular formula is C13H17N5OS. The topological polar surface area (TPSA) is 58.3 Å². The first kappa shape index (κ1) is 12.3. The Labute approximate surface area is 121 Å². The van der Waals surface area contributed by atoms with Crippen LogP contribution in [0.3, 0.4) is 0 Å². The van der Waals surface area contributed by atoms with Gasteiger partial charge in [-0.1, -0.05) is 5.10 Å². The molecule has 1 fully saturated rings. The fourth-order valence-corrected chi connectivity index (χ4v) is 3.70. The smallest absolute Gasteiger partial charge is 0.318 e. The molecule has 4 rings (SSSR count). The highest BCUT2D eigenvalue weighted by molar-refractivity contribution is 7.09. The van der Waals surface area contributed by atoms with Gasteiger partial charge in [0.05, 0.1) is 17.7 Å². The molecule has 1 saturated heterocycles. The molecule has 0 aromatic carbocycles. The summed E-state index contributed by atoms with van der Waals surface area (Å²) < 4.78 is 5.79. The van der Waals surface area contributed by atoms with E-state index in [2.05, 4.69) is 25.0 Å². The van der Waals surface area contributed by atoms with Crippen LogP contribution in [0.5, 0.6) is 0 Å². The van der Waals surface area contributed by atoms with Gasteiger partial charge < -0.3 is 9.32 Å². The maximum Gasteiger partial charge on any atom is 0.318 e. The number of fused-ring (bicyclic) bond motifs is 1. The van der Waals surface area contributed by atoms with Crippen molar-refractivity contribution in [3.63, 3.8) is 0 Å². The van der Waals surface area contributed by atoms with E-state index in [1.165, 1.54) is 23.4 Å². The number of hydrogen-bond acceptors (Lipinski definition) is 7. The number of thiazole rings is 1. The normalized spacial score (nSPS) is 19.5. The molecule has 0 atom stereocenters. The number of nitrogens with zero attached hydrogens (tertiary/aromatic N) is 5. The summed E-state index contributed by atoms with van der Waals surface area (Å²) in [5, 5.41) is 8.36. The zero-order valence-corrected chi connectivity index (χ0v) is 12.1. The average Bonchev–Trinajstić information content (AvgIpc) is 3.19. The van der Waals surface area contributed by atoms with Crippen LogP contribution in [0.4, 0.5) is 6.01 Å². The van der Waals surface area contributed by atoms with Gasteiger partial charge in [-0.3, -0.25) is 4.90 Å². The van der Waals surface area contributed by atoms with Crippen molar-refractivity contribution < 1.29 is 4.42 Å². The van der Waals surface area contributed by atoms with E-state index in [9.17, 15) is 0 Å². The first-order valence-corrected chi connectivity index (χ1v) is 7.97. The van der Waals surface area contributed by atoms with Gasteiger partial charge in [-0.2, -0.15) is 0 Å². The molecule has 0 saturated carbocycles. The lowest BCUT2D eigenvalue weighted by atomic mass is 10.2. The Balaban J connectivity index is 1.42. The molecule has 20 heavy (non-hydrogen) atoms. The third-order valence-electron chi connectivity index (χ3n) is 3.95. The molecule has 2 aliphatic heterocycles. The quantitative estimate of drug-likeness (QED) is 0.857. The van der Waals surface area contributed by atoms with Crippen LogP contribution in [0, 0.1) is 0 Å². The standard InChI is InChI=1S/C13H17N5OS/c1-2-5-18(4-1)13-16-15-12(19-13)8-17-6-3-10-11(7-17)20-9-14-10/h9H,1-8H2. The summed E-state index contributed by atoms with van der Waals surface area (Å²) in [7, 11) is 0. The van der Waals surface area contributed by atoms with Crippen LogP contribution in [-0.2, 0) is 19.5 Å². The minimum absolute atomic E-state index is 0.688. The van der Waals surface area contributed by atoms with Crippen molar-refractivity contribution in [3.8, 4) is 0 Å². The molecule has 0 radical (unpaired) electrons. The van der Waals surface area contributed by atoms with Gasteiger partial charge >= 0.3 is 6.01 Å². The Hall–Kier alpha value is -1.47. The maximum atomic E-state index is 5.79. The minimum Gasteiger partial charge on any atom is -0.407 e. The fraction of sp³-hybridized carbons (Fsp3) is 0.615.